The van der Waals surface area contributed by atoms with Crippen LogP contribution < -0.4 is 10.1 Å². The molecule has 0 bridgehead atoms. The number of carbonyl (C=O) groups is 2. The first kappa shape index (κ1) is 19.7. The van der Waals surface area contributed by atoms with Crippen molar-refractivity contribution in [1.82, 2.24) is 5.32 Å². The minimum atomic E-state index is -4.59. The van der Waals surface area contributed by atoms with Crippen molar-refractivity contribution in [3.8, 4) is 5.75 Å². The van der Waals surface area contributed by atoms with Crippen LogP contribution in [0.1, 0.15) is 34.5 Å². The number of halogens is 4. The zero-order chi connectivity index (χ0) is 20.5. The standard InChI is InChI=1S/C19H15F4NO4/c20-15(10-1-4-13(5-2-10)19(21,22)23)17(25)24-16(18(26)27)12-3-6-14-11(9-12)7-8-28-14/h1-6,9,15-16H,7-8H2,(H,24,25)(H,26,27). The van der Waals surface area contributed by atoms with E-state index in [4.69, 9.17) is 4.74 Å². The van der Waals surface area contributed by atoms with E-state index in [0.29, 0.717) is 30.9 Å². The molecule has 0 aromatic heterocycles. The fourth-order valence-corrected chi connectivity index (χ4v) is 2.88. The third-order valence-corrected chi connectivity index (χ3v) is 4.34. The highest BCUT2D eigenvalue weighted by atomic mass is 19.4. The first-order chi connectivity index (χ1) is 13.2. The number of carboxylic acid groups (broad SMARTS) is 1. The second-order valence-electron chi connectivity index (χ2n) is 6.23. The van der Waals surface area contributed by atoms with Gasteiger partial charge in [-0.3, -0.25) is 4.79 Å². The monoisotopic (exact) mass is 397 g/mol. The average Bonchev–Trinajstić information content (AvgIpc) is 3.12. The normalized spacial score (nSPS) is 15.3. The summed E-state index contributed by atoms with van der Waals surface area (Å²) in [6.07, 6.45) is -6.32. The second kappa shape index (κ2) is 7.49. The van der Waals surface area contributed by atoms with Gasteiger partial charge in [-0.05, 0) is 41.0 Å². The molecule has 3 rings (SSSR count). The number of carbonyl (C=O) groups excluding carboxylic acids is 1. The fraction of sp³-hybridized carbons (Fsp3) is 0.263. The summed E-state index contributed by atoms with van der Waals surface area (Å²) in [7, 11) is 0. The van der Waals surface area contributed by atoms with E-state index in [-0.39, 0.29) is 11.1 Å². The van der Waals surface area contributed by atoms with Crippen LogP contribution in [0.4, 0.5) is 17.6 Å². The number of benzene rings is 2. The van der Waals surface area contributed by atoms with Crippen LogP contribution in [-0.4, -0.2) is 23.6 Å². The fourth-order valence-electron chi connectivity index (χ4n) is 2.88. The van der Waals surface area contributed by atoms with Gasteiger partial charge in [0.2, 0.25) is 6.17 Å². The lowest BCUT2D eigenvalue weighted by molar-refractivity contribution is -0.143. The Morgan fingerprint density at radius 2 is 1.71 bits per heavy atom. The Balaban J connectivity index is 1.76. The predicted octanol–water partition coefficient (Wildman–Crippen LogP) is 3.59. The molecule has 148 valence electrons. The third-order valence-electron chi connectivity index (χ3n) is 4.34. The molecule has 1 amide bonds. The average molecular weight is 397 g/mol. The van der Waals surface area contributed by atoms with Crippen LogP contribution in [0.25, 0.3) is 0 Å². The van der Waals surface area contributed by atoms with Crippen molar-refractivity contribution in [2.24, 2.45) is 0 Å². The van der Waals surface area contributed by atoms with Gasteiger partial charge in [0, 0.05) is 6.42 Å². The van der Waals surface area contributed by atoms with Crippen LogP contribution in [0.3, 0.4) is 0 Å². The quantitative estimate of drug-likeness (QED) is 0.756. The van der Waals surface area contributed by atoms with E-state index >= 15 is 0 Å². The summed E-state index contributed by atoms with van der Waals surface area (Å²) in [5.41, 5.74) is -0.271. The Bertz CT molecular complexity index is 896. The summed E-state index contributed by atoms with van der Waals surface area (Å²) in [5, 5.41) is 11.5. The lowest BCUT2D eigenvalue weighted by Crippen LogP contribution is -2.36. The Hall–Kier alpha value is -3.10. The summed E-state index contributed by atoms with van der Waals surface area (Å²) in [4.78, 5) is 23.7. The number of nitrogens with one attached hydrogen (secondary N) is 1. The summed E-state index contributed by atoms with van der Waals surface area (Å²) in [6, 6.07) is 6.08. The smallest absolute Gasteiger partial charge is 0.416 e. The van der Waals surface area contributed by atoms with Crippen LogP contribution in [0.15, 0.2) is 42.5 Å². The lowest BCUT2D eigenvalue weighted by Gasteiger charge is -2.18. The van der Waals surface area contributed by atoms with Gasteiger partial charge in [0.15, 0.2) is 6.04 Å². The van der Waals surface area contributed by atoms with Gasteiger partial charge in [-0.2, -0.15) is 13.2 Å². The Labute approximate surface area is 156 Å². The van der Waals surface area contributed by atoms with Crippen LogP contribution in [-0.2, 0) is 22.2 Å². The molecule has 0 radical (unpaired) electrons. The molecule has 0 saturated carbocycles. The number of aliphatic carboxylic acids is 1. The predicted molar refractivity (Wildman–Crippen MR) is 89.5 cm³/mol. The van der Waals surface area contributed by atoms with Crippen molar-refractivity contribution in [2.45, 2.75) is 24.8 Å². The topological polar surface area (TPSA) is 75.6 Å². The van der Waals surface area contributed by atoms with Gasteiger partial charge in [-0.15, -0.1) is 0 Å². The Morgan fingerprint density at radius 3 is 2.32 bits per heavy atom. The molecular formula is C19H15F4NO4. The second-order valence-corrected chi connectivity index (χ2v) is 6.23. The molecule has 9 heteroatoms. The highest BCUT2D eigenvalue weighted by Gasteiger charge is 2.32. The van der Waals surface area contributed by atoms with Crippen LogP contribution in [0, 0.1) is 0 Å². The molecule has 1 aliphatic rings. The minimum Gasteiger partial charge on any atom is -0.493 e. The minimum absolute atomic E-state index is 0.240. The molecule has 0 spiro atoms. The van der Waals surface area contributed by atoms with Gasteiger partial charge < -0.3 is 15.2 Å². The van der Waals surface area contributed by atoms with Crippen molar-refractivity contribution in [3.05, 3.63) is 64.7 Å². The first-order valence-electron chi connectivity index (χ1n) is 8.27. The molecule has 5 nitrogen and oxygen atoms in total. The van der Waals surface area contributed by atoms with Crippen molar-refractivity contribution in [3.63, 3.8) is 0 Å². The zero-order valence-electron chi connectivity index (χ0n) is 14.3. The summed E-state index contributed by atoms with van der Waals surface area (Å²) in [6.45, 7) is 0.462. The third kappa shape index (κ3) is 4.08. The van der Waals surface area contributed by atoms with Gasteiger partial charge in [0.05, 0.1) is 12.2 Å². The SMILES string of the molecule is O=C(NC(C(=O)O)c1ccc2c(c1)CCO2)C(F)c1ccc(C(F)(F)F)cc1. The molecule has 28 heavy (non-hydrogen) atoms. The number of rotatable bonds is 5. The highest BCUT2D eigenvalue weighted by molar-refractivity contribution is 5.87. The van der Waals surface area contributed by atoms with Crippen LogP contribution in [0.2, 0.25) is 0 Å². The van der Waals surface area contributed by atoms with Crippen LogP contribution >= 0.6 is 0 Å². The molecule has 2 aromatic carbocycles. The Morgan fingerprint density at radius 1 is 1.07 bits per heavy atom. The molecule has 1 aliphatic heterocycles. The number of ether oxygens (including phenoxy) is 1. The van der Waals surface area contributed by atoms with E-state index < -0.39 is 35.8 Å². The molecular weight excluding hydrogens is 382 g/mol. The Kier molecular flexibility index (Phi) is 5.26. The van der Waals surface area contributed by atoms with E-state index in [0.717, 1.165) is 17.7 Å². The number of fused-ring (bicyclic) bond motifs is 1. The van der Waals surface area contributed by atoms with Crippen LogP contribution in [0.5, 0.6) is 5.75 Å². The summed E-state index contributed by atoms with van der Waals surface area (Å²) in [5.74, 6) is -2.04. The maximum Gasteiger partial charge on any atom is 0.416 e. The van der Waals surface area contributed by atoms with E-state index in [9.17, 15) is 32.3 Å². The largest absolute Gasteiger partial charge is 0.493 e. The van der Waals surface area contributed by atoms with Gasteiger partial charge >= 0.3 is 12.1 Å². The molecule has 2 atom stereocenters. The van der Waals surface area contributed by atoms with Gasteiger partial charge in [0.25, 0.3) is 5.91 Å². The van der Waals surface area contributed by atoms with Crippen molar-refractivity contribution < 1.29 is 37.0 Å². The zero-order valence-corrected chi connectivity index (χ0v) is 14.3. The van der Waals surface area contributed by atoms with Gasteiger partial charge in [0.1, 0.15) is 5.75 Å². The first-order valence-corrected chi connectivity index (χ1v) is 8.27. The van der Waals surface area contributed by atoms with E-state index in [1.54, 1.807) is 12.1 Å². The lowest BCUT2D eigenvalue weighted by atomic mass is 10.0. The molecule has 2 N–H and O–H groups in total. The number of hydrogen-bond acceptors (Lipinski definition) is 3. The molecule has 1 heterocycles. The maximum absolute atomic E-state index is 14.4. The van der Waals surface area contributed by atoms with Crippen molar-refractivity contribution in [1.29, 1.82) is 0 Å². The van der Waals surface area contributed by atoms with Gasteiger partial charge in [-0.1, -0.05) is 18.2 Å². The molecule has 0 fully saturated rings. The number of carboxylic acids is 1. The van der Waals surface area contributed by atoms with E-state index in [1.807, 2.05) is 0 Å². The molecule has 2 aromatic rings. The summed E-state index contributed by atoms with van der Waals surface area (Å²) >= 11 is 0. The number of alkyl halides is 4. The summed E-state index contributed by atoms with van der Waals surface area (Å²) < 4.78 is 57.5. The molecule has 0 aliphatic carbocycles. The number of amides is 1. The van der Waals surface area contributed by atoms with Crippen molar-refractivity contribution >= 4 is 11.9 Å². The molecule has 0 saturated heterocycles. The number of hydrogen-bond donors (Lipinski definition) is 2. The maximum atomic E-state index is 14.4. The van der Waals surface area contributed by atoms with E-state index in [1.165, 1.54) is 6.07 Å². The van der Waals surface area contributed by atoms with Crippen molar-refractivity contribution in [2.75, 3.05) is 6.61 Å². The van der Waals surface area contributed by atoms with E-state index in [2.05, 4.69) is 5.32 Å². The van der Waals surface area contributed by atoms with Gasteiger partial charge in [-0.25, -0.2) is 9.18 Å². The molecule has 2 unspecified atom stereocenters. The highest BCUT2D eigenvalue weighted by Crippen LogP contribution is 2.31.